The fourth-order valence-corrected chi connectivity index (χ4v) is 6.10. The van der Waals surface area contributed by atoms with E-state index in [0.29, 0.717) is 12.2 Å². The van der Waals surface area contributed by atoms with Crippen LogP contribution in [0.5, 0.6) is 5.75 Å². The lowest BCUT2D eigenvalue weighted by Gasteiger charge is -2.35. The molecule has 0 unspecified atom stereocenters. The molecule has 0 aliphatic heterocycles. The number of sulfonamides is 1. The van der Waals surface area contributed by atoms with E-state index >= 15 is 0 Å². The zero-order chi connectivity index (χ0) is 31.2. The van der Waals surface area contributed by atoms with E-state index in [2.05, 4.69) is 5.32 Å². The highest BCUT2D eigenvalue weighted by Crippen LogP contribution is 2.32. The van der Waals surface area contributed by atoms with Gasteiger partial charge in [0.1, 0.15) is 18.3 Å². The number of carbonyl (C=O) groups excluding carboxylic acids is 2. The topological polar surface area (TPSA) is 96.0 Å². The number of halogens is 1. The average molecular weight is 614 g/mol. The quantitative estimate of drug-likeness (QED) is 0.291. The molecule has 0 radical (unpaired) electrons. The Morgan fingerprint density at radius 3 is 2.02 bits per heavy atom. The van der Waals surface area contributed by atoms with Gasteiger partial charge in [0, 0.05) is 12.1 Å². The van der Waals surface area contributed by atoms with Crippen molar-refractivity contribution < 1.29 is 22.7 Å². The van der Waals surface area contributed by atoms with E-state index in [9.17, 15) is 18.0 Å². The SMILES string of the molecule is CC[C@@H](C(=O)NC(C)(C)C)N(Cc1ccc(C)cc1)C(=O)CN(c1ccc(OC)c(Cl)c1)S(=O)(=O)c1ccc(C)cc1. The number of amides is 2. The summed E-state index contributed by atoms with van der Waals surface area (Å²) < 4.78 is 34.3. The predicted octanol–water partition coefficient (Wildman–Crippen LogP) is 5.88. The van der Waals surface area contributed by atoms with E-state index in [-0.39, 0.29) is 28.1 Å². The van der Waals surface area contributed by atoms with E-state index in [4.69, 9.17) is 16.3 Å². The van der Waals surface area contributed by atoms with Crippen LogP contribution in [0.4, 0.5) is 5.69 Å². The van der Waals surface area contributed by atoms with E-state index in [0.717, 1.165) is 21.0 Å². The van der Waals surface area contributed by atoms with Crippen molar-refractivity contribution >= 4 is 39.1 Å². The molecule has 3 rings (SSSR count). The van der Waals surface area contributed by atoms with Crippen LogP contribution in [0.2, 0.25) is 5.02 Å². The lowest BCUT2D eigenvalue weighted by Crippen LogP contribution is -2.55. The van der Waals surface area contributed by atoms with Gasteiger partial charge in [0.25, 0.3) is 10.0 Å². The molecule has 1 atom stereocenters. The second kappa shape index (κ2) is 13.6. The summed E-state index contributed by atoms with van der Waals surface area (Å²) in [6.45, 7) is 10.8. The first-order valence-electron chi connectivity index (χ1n) is 13.8. The van der Waals surface area contributed by atoms with Gasteiger partial charge in [0.05, 0.1) is 22.7 Å². The highest BCUT2D eigenvalue weighted by molar-refractivity contribution is 7.92. The van der Waals surface area contributed by atoms with Crippen LogP contribution in [0.25, 0.3) is 0 Å². The molecule has 1 N–H and O–H groups in total. The molecule has 0 aromatic heterocycles. The van der Waals surface area contributed by atoms with Crippen LogP contribution in [0.1, 0.15) is 50.8 Å². The summed E-state index contributed by atoms with van der Waals surface area (Å²) in [5.74, 6) is -0.481. The summed E-state index contributed by atoms with van der Waals surface area (Å²) in [6, 6.07) is 17.8. The summed E-state index contributed by atoms with van der Waals surface area (Å²) in [4.78, 5) is 29.1. The van der Waals surface area contributed by atoms with Crippen molar-refractivity contribution in [2.75, 3.05) is 18.0 Å². The first-order valence-corrected chi connectivity index (χ1v) is 15.6. The number of hydrogen-bond donors (Lipinski definition) is 1. The normalized spacial score (nSPS) is 12.4. The molecule has 42 heavy (non-hydrogen) atoms. The van der Waals surface area contributed by atoms with Crippen molar-refractivity contribution in [3.63, 3.8) is 0 Å². The molecule has 0 saturated carbocycles. The van der Waals surface area contributed by atoms with Gasteiger partial charge in [-0.15, -0.1) is 0 Å². The Balaban J connectivity index is 2.10. The van der Waals surface area contributed by atoms with Crippen LogP contribution in [0.3, 0.4) is 0 Å². The summed E-state index contributed by atoms with van der Waals surface area (Å²) in [5.41, 5.74) is 2.43. The molecular weight excluding hydrogens is 574 g/mol. The molecule has 0 fully saturated rings. The minimum absolute atomic E-state index is 0.0236. The molecule has 0 aliphatic rings. The maximum Gasteiger partial charge on any atom is 0.264 e. The zero-order valence-corrected chi connectivity index (χ0v) is 26.8. The lowest BCUT2D eigenvalue weighted by atomic mass is 10.1. The van der Waals surface area contributed by atoms with Gasteiger partial charge in [0.15, 0.2) is 0 Å². The number of aryl methyl sites for hydroxylation is 2. The number of ether oxygens (including phenoxy) is 1. The number of rotatable bonds is 11. The largest absolute Gasteiger partial charge is 0.495 e. The molecular formula is C32H40ClN3O5S. The molecule has 10 heteroatoms. The van der Waals surface area contributed by atoms with Gasteiger partial charge >= 0.3 is 0 Å². The Labute approximate surface area is 254 Å². The number of nitrogens with one attached hydrogen (secondary N) is 1. The minimum atomic E-state index is -4.21. The third-order valence-corrected chi connectivity index (χ3v) is 8.75. The fraction of sp³-hybridized carbons (Fsp3) is 0.375. The maximum atomic E-state index is 14.2. The molecule has 0 heterocycles. The second-order valence-corrected chi connectivity index (χ2v) is 13.6. The van der Waals surface area contributed by atoms with Crippen molar-refractivity contribution in [2.45, 2.75) is 71.0 Å². The second-order valence-electron chi connectivity index (χ2n) is 11.3. The highest BCUT2D eigenvalue weighted by atomic mass is 35.5. The number of hydrogen-bond acceptors (Lipinski definition) is 5. The van der Waals surface area contributed by atoms with Crippen LogP contribution < -0.4 is 14.4 Å². The number of anilines is 1. The minimum Gasteiger partial charge on any atom is -0.495 e. The third kappa shape index (κ3) is 8.26. The van der Waals surface area contributed by atoms with Gasteiger partial charge in [-0.1, -0.05) is 66.0 Å². The molecule has 0 spiro atoms. The molecule has 3 aromatic carbocycles. The van der Waals surface area contributed by atoms with Gasteiger partial charge < -0.3 is 15.0 Å². The first kappa shape index (κ1) is 32.9. The van der Waals surface area contributed by atoms with E-state index < -0.39 is 34.1 Å². The molecule has 3 aromatic rings. The van der Waals surface area contributed by atoms with Crippen molar-refractivity contribution in [3.8, 4) is 5.75 Å². The van der Waals surface area contributed by atoms with E-state index in [1.807, 2.05) is 65.8 Å². The summed E-state index contributed by atoms with van der Waals surface area (Å²) in [5, 5.41) is 3.16. The van der Waals surface area contributed by atoms with Crippen LogP contribution >= 0.6 is 11.6 Å². The number of nitrogens with zero attached hydrogens (tertiary/aromatic N) is 2. The number of methoxy groups -OCH3 is 1. The molecule has 0 saturated heterocycles. The molecule has 2 amide bonds. The summed E-state index contributed by atoms with van der Waals surface area (Å²) in [6.07, 6.45) is 0.332. The fourth-order valence-electron chi connectivity index (χ4n) is 4.44. The predicted molar refractivity (Wildman–Crippen MR) is 167 cm³/mol. The smallest absolute Gasteiger partial charge is 0.264 e. The summed E-state index contributed by atoms with van der Waals surface area (Å²) in [7, 11) is -2.75. The van der Waals surface area contributed by atoms with Crippen molar-refractivity contribution in [1.29, 1.82) is 0 Å². The monoisotopic (exact) mass is 613 g/mol. The van der Waals surface area contributed by atoms with Crippen LogP contribution in [-0.4, -0.2) is 50.4 Å². The Kier molecular flexibility index (Phi) is 10.7. The van der Waals surface area contributed by atoms with Crippen LogP contribution in [0, 0.1) is 13.8 Å². The summed E-state index contributed by atoms with van der Waals surface area (Å²) >= 11 is 6.39. The lowest BCUT2D eigenvalue weighted by molar-refractivity contribution is -0.141. The highest BCUT2D eigenvalue weighted by Gasteiger charge is 2.34. The Morgan fingerprint density at radius 1 is 0.952 bits per heavy atom. The van der Waals surface area contributed by atoms with E-state index in [1.54, 1.807) is 18.2 Å². The molecule has 0 aliphatic carbocycles. The first-order chi connectivity index (χ1) is 19.7. The maximum absolute atomic E-state index is 14.2. The van der Waals surface area contributed by atoms with Crippen molar-refractivity contribution in [1.82, 2.24) is 10.2 Å². The van der Waals surface area contributed by atoms with Crippen molar-refractivity contribution in [2.24, 2.45) is 0 Å². The van der Waals surface area contributed by atoms with E-state index in [1.165, 1.54) is 36.3 Å². The van der Waals surface area contributed by atoms with Crippen molar-refractivity contribution in [3.05, 3.63) is 88.4 Å². The van der Waals surface area contributed by atoms with Crippen LogP contribution in [-0.2, 0) is 26.2 Å². The third-order valence-electron chi connectivity index (χ3n) is 6.67. The number of carbonyl (C=O) groups is 2. The molecule has 0 bridgehead atoms. The van der Waals surface area contributed by atoms with Gasteiger partial charge in [-0.2, -0.15) is 0 Å². The Bertz CT molecular complexity index is 1500. The van der Waals surface area contributed by atoms with Gasteiger partial charge in [0.2, 0.25) is 11.8 Å². The van der Waals surface area contributed by atoms with Crippen LogP contribution in [0.15, 0.2) is 71.6 Å². The standard InChI is InChI=1S/C32H40ClN3O5S/c1-8-28(31(38)34-32(4,5)6)35(20-24-13-9-22(2)10-14-24)30(37)21-36(25-15-18-29(41-7)27(33)19-25)42(39,40)26-16-11-23(3)12-17-26/h9-19,28H,8,20-21H2,1-7H3,(H,34,38)/t28-/m0/s1. The van der Waals surface area contributed by atoms with Gasteiger partial charge in [-0.25, -0.2) is 8.42 Å². The molecule has 226 valence electrons. The average Bonchev–Trinajstić information content (AvgIpc) is 2.91. The Morgan fingerprint density at radius 2 is 1.52 bits per heavy atom. The number of benzene rings is 3. The van der Waals surface area contributed by atoms with Gasteiger partial charge in [-0.05, 0) is 76.9 Å². The zero-order valence-electron chi connectivity index (χ0n) is 25.3. The molecule has 8 nitrogen and oxygen atoms in total. The Hall–Kier alpha value is -3.56. The van der Waals surface area contributed by atoms with Gasteiger partial charge in [-0.3, -0.25) is 13.9 Å².